The quantitative estimate of drug-likeness (QED) is 0.448. The molecular weight excluding hydrogens is 380 g/mol. The number of hydrogen-bond acceptors (Lipinski definition) is 5. The molecule has 8 heteroatoms. The number of aromatic nitrogens is 1. The van der Waals surface area contributed by atoms with Crippen LogP contribution in [0.1, 0.15) is 29.0 Å². The normalized spacial score (nSPS) is 19.2. The minimum absolute atomic E-state index is 0.0782. The summed E-state index contributed by atoms with van der Waals surface area (Å²) >= 11 is 5.85. The number of rotatable bonds is 4. The van der Waals surface area contributed by atoms with E-state index in [9.17, 15) is 14.9 Å². The highest BCUT2D eigenvalue weighted by Crippen LogP contribution is 2.41. The van der Waals surface area contributed by atoms with Crippen molar-refractivity contribution in [2.75, 3.05) is 13.1 Å². The van der Waals surface area contributed by atoms with Crippen molar-refractivity contribution in [3.8, 4) is 0 Å². The summed E-state index contributed by atoms with van der Waals surface area (Å²) in [5, 5.41) is 12.5. The molecule has 1 atom stereocenters. The average Bonchev–Trinajstić information content (AvgIpc) is 3.08. The Kier molecular flexibility index (Phi) is 4.77. The van der Waals surface area contributed by atoms with E-state index in [0.717, 1.165) is 16.7 Å². The third-order valence-electron chi connectivity index (χ3n) is 5.31. The van der Waals surface area contributed by atoms with Gasteiger partial charge in [-0.15, -0.1) is 0 Å². The number of carbonyl (C=O) groups excluding carboxylic acids is 1. The second kappa shape index (κ2) is 7.24. The van der Waals surface area contributed by atoms with Crippen molar-refractivity contribution in [3.05, 3.63) is 86.1 Å². The SMILES string of the molecule is Cc1ccccc1C1CC(=O)N2CCN(Cc3ccc(Cl)nc3)C2=C1[N+](=O)[O-]. The van der Waals surface area contributed by atoms with Crippen LogP contribution in [0.2, 0.25) is 5.15 Å². The van der Waals surface area contributed by atoms with E-state index in [0.29, 0.717) is 30.6 Å². The van der Waals surface area contributed by atoms with Gasteiger partial charge < -0.3 is 4.90 Å². The summed E-state index contributed by atoms with van der Waals surface area (Å²) in [5.74, 6) is -0.228. The maximum absolute atomic E-state index is 12.8. The second-order valence-electron chi connectivity index (χ2n) is 7.04. The molecule has 1 saturated heterocycles. The lowest BCUT2D eigenvalue weighted by Gasteiger charge is -2.31. The molecule has 1 amide bonds. The Morgan fingerprint density at radius 1 is 1.25 bits per heavy atom. The van der Waals surface area contributed by atoms with Gasteiger partial charge in [0.05, 0.1) is 10.8 Å². The highest BCUT2D eigenvalue weighted by Gasteiger charge is 2.46. The van der Waals surface area contributed by atoms with Crippen molar-refractivity contribution in [2.45, 2.75) is 25.8 Å². The van der Waals surface area contributed by atoms with Gasteiger partial charge in [-0.2, -0.15) is 0 Å². The Morgan fingerprint density at radius 3 is 2.71 bits per heavy atom. The maximum atomic E-state index is 12.8. The molecule has 2 aromatic rings. The van der Waals surface area contributed by atoms with E-state index in [4.69, 9.17) is 11.6 Å². The zero-order valence-corrected chi connectivity index (χ0v) is 16.1. The van der Waals surface area contributed by atoms with Gasteiger partial charge in [-0.1, -0.05) is 41.9 Å². The number of amides is 1. The summed E-state index contributed by atoms with van der Waals surface area (Å²) in [4.78, 5) is 32.1. The zero-order chi connectivity index (χ0) is 19.8. The minimum Gasteiger partial charge on any atom is -0.346 e. The maximum Gasteiger partial charge on any atom is 0.294 e. The molecule has 0 bridgehead atoms. The summed E-state index contributed by atoms with van der Waals surface area (Å²) < 4.78 is 0. The van der Waals surface area contributed by atoms with E-state index >= 15 is 0 Å². The molecule has 2 aliphatic rings. The molecule has 3 heterocycles. The molecule has 2 aliphatic heterocycles. The summed E-state index contributed by atoms with van der Waals surface area (Å²) in [5.41, 5.74) is 2.75. The molecule has 0 aliphatic carbocycles. The van der Waals surface area contributed by atoms with Crippen LogP contribution < -0.4 is 0 Å². The summed E-state index contributed by atoms with van der Waals surface area (Å²) in [6.07, 6.45) is 1.77. The molecule has 0 saturated carbocycles. The number of carbonyl (C=O) groups is 1. The number of halogens is 1. The van der Waals surface area contributed by atoms with Crippen LogP contribution in [0.4, 0.5) is 0 Å². The lowest BCUT2D eigenvalue weighted by Crippen LogP contribution is -2.38. The Balaban J connectivity index is 1.78. The predicted octanol–water partition coefficient (Wildman–Crippen LogP) is 3.32. The van der Waals surface area contributed by atoms with E-state index in [1.807, 2.05) is 42.2 Å². The van der Waals surface area contributed by atoms with Gasteiger partial charge in [-0.3, -0.25) is 19.8 Å². The van der Waals surface area contributed by atoms with Gasteiger partial charge in [-0.05, 0) is 29.7 Å². The van der Waals surface area contributed by atoms with Crippen LogP contribution in [0.3, 0.4) is 0 Å². The first kappa shape index (κ1) is 18.4. The van der Waals surface area contributed by atoms with Crippen LogP contribution in [-0.4, -0.2) is 38.7 Å². The largest absolute Gasteiger partial charge is 0.346 e. The van der Waals surface area contributed by atoms with Gasteiger partial charge >= 0.3 is 0 Å². The van der Waals surface area contributed by atoms with Crippen molar-refractivity contribution in [3.63, 3.8) is 0 Å². The number of fused-ring (bicyclic) bond motifs is 1. The van der Waals surface area contributed by atoms with Crippen molar-refractivity contribution >= 4 is 17.5 Å². The Labute approximate surface area is 167 Å². The van der Waals surface area contributed by atoms with Crippen LogP contribution in [0.15, 0.2) is 54.1 Å². The second-order valence-corrected chi connectivity index (χ2v) is 7.42. The van der Waals surface area contributed by atoms with Crippen LogP contribution >= 0.6 is 11.6 Å². The number of pyridine rings is 1. The molecule has 1 fully saturated rings. The Hall–Kier alpha value is -2.93. The van der Waals surface area contributed by atoms with Crippen LogP contribution in [-0.2, 0) is 11.3 Å². The van der Waals surface area contributed by atoms with Gasteiger partial charge in [-0.25, -0.2) is 4.98 Å². The molecular formula is C20H19ClN4O3. The van der Waals surface area contributed by atoms with Crippen LogP contribution in [0, 0.1) is 17.0 Å². The van der Waals surface area contributed by atoms with E-state index in [-0.39, 0.29) is 22.9 Å². The predicted molar refractivity (Wildman–Crippen MR) is 104 cm³/mol. The van der Waals surface area contributed by atoms with Crippen molar-refractivity contribution in [1.29, 1.82) is 0 Å². The van der Waals surface area contributed by atoms with E-state index < -0.39 is 5.92 Å². The topological polar surface area (TPSA) is 79.6 Å². The fourth-order valence-electron chi connectivity index (χ4n) is 4.00. The van der Waals surface area contributed by atoms with Gasteiger partial charge in [0.15, 0.2) is 5.82 Å². The Morgan fingerprint density at radius 2 is 2.04 bits per heavy atom. The molecule has 1 aromatic carbocycles. The summed E-state index contributed by atoms with van der Waals surface area (Å²) in [6, 6.07) is 11.1. The van der Waals surface area contributed by atoms with Gasteiger partial charge in [0.2, 0.25) is 5.91 Å². The van der Waals surface area contributed by atoms with Gasteiger partial charge in [0.25, 0.3) is 5.70 Å². The minimum atomic E-state index is -0.557. The fraction of sp³-hybridized carbons (Fsp3) is 0.300. The highest BCUT2D eigenvalue weighted by atomic mass is 35.5. The number of aryl methyl sites for hydroxylation is 1. The lowest BCUT2D eigenvalue weighted by molar-refractivity contribution is -0.434. The van der Waals surface area contributed by atoms with E-state index in [2.05, 4.69) is 4.98 Å². The monoisotopic (exact) mass is 398 g/mol. The van der Waals surface area contributed by atoms with Crippen molar-refractivity contribution in [2.24, 2.45) is 0 Å². The van der Waals surface area contributed by atoms with Crippen LogP contribution in [0.25, 0.3) is 0 Å². The first-order chi connectivity index (χ1) is 13.5. The summed E-state index contributed by atoms with van der Waals surface area (Å²) in [6.45, 7) is 3.34. The van der Waals surface area contributed by atoms with Crippen molar-refractivity contribution in [1.82, 2.24) is 14.8 Å². The molecule has 28 heavy (non-hydrogen) atoms. The molecule has 0 spiro atoms. The molecule has 7 nitrogen and oxygen atoms in total. The lowest BCUT2D eigenvalue weighted by atomic mass is 9.86. The number of hydrogen-bond donors (Lipinski definition) is 0. The highest BCUT2D eigenvalue weighted by molar-refractivity contribution is 6.29. The van der Waals surface area contributed by atoms with E-state index in [1.54, 1.807) is 17.2 Å². The van der Waals surface area contributed by atoms with Crippen LogP contribution in [0.5, 0.6) is 0 Å². The molecule has 0 N–H and O–H groups in total. The first-order valence-electron chi connectivity index (χ1n) is 9.05. The summed E-state index contributed by atoms with van der Waals surface area (Å²) in [7, 11) is 0. The molecule has 1 unspecified atom stereocenters. The first-order valence-corrected chi connectivity index (χ1v) is 9.43. The number of nitro groups is 1. The zero-order valence-electron chi connectivity index (χ0n) is 15.3. The third-order valence-corrected chi connectivity index (χ3v) is 5.53. The van der Waals surface area contributed by atoms with E-state index in [1.165, 1.54) is 0 Å². The van der Waals surface area contributed by atoms with Gasteiger partial charge in [0, 0.05) is 32.3 Å². The average molecular weight is 399 g/mol. The van der Waals surface area contributed by atoms with Gasteiger partial charge in [0.1, 0.15) is 5.15 Å². The molecule has 0 radical (unpaired) electrons. The molecule has 4 rings (SSSR count). The van der Waals surface area contributed by atoms with Crippen molar-refractivity contribution < 1.29 is 9.72 Å². The number of benzene rings is 1. The third kappa shape index (κ3) is 3.22. The molecule has 1 aromatic heterocycles. The number of allylic oxidation sites excluding steroid dienone is 1. The number of nitrogens with zero attached hydrogens (tertiary/aromatic N) is 4. The Bertz CT molecular complexity index is 974. The smallest absolute Gasteiger partial charge is 0.294 e. The fourth-order valence-corrected chi connectivity index (χ4v) is 4.11. The standard InChI is InChI=1S/C20H19ClN4O3/c1-13-4-2-3-5-15(13)16-10-18(26)24-9-8-23(20(24)19(16)25(27)28)12-14-6-7-17(21)22-11-14/h2-7,11,16H,8-10,12H2,1H3. The molecule has 144 valence electrons.